The highest BCUT2D eigenvalue weighted by Gasteiger charge is 2.37. The first-order chi connectivity index (χ1) is 13.0. The second-order valence-corrected chi connectivity index (χ2v) is 7.30. The summed E-state index contributed by atoms with van der Waals surface area (Å²) in [6.07, 6.45) is 5.65. The van der Waals surface area contributed by atoms with E-state index in [0.717, 1.165) is 24.4 Å². The molecule has 3 heterocycles. The zero-order chi connectivity index (χ0) is 19.0. The van der Waals surface area contributed by atoms with Crippen molar-refractivity contribution in [2.45, 2.75) is 44.7 Å². The van der Waals surface area contributed by atoms with Gasteiger partial charge in [-0.05, 0) is 32.6 Å². The smallest absolute Gasteiger partial charge is 0.254 e. The van der Waals surface area contributed by atoms with Gasteiger partial charge in [0.05, 0.1) is 5.56 Å². The lowest BCUT2D eigenvalue weighted by atomic mass is 10.0. The number of aryl methyl sites for hydroxylation is 1. The molecule has 0 bridgehead atoms. The van der Waals surface area contributed by atoms with Crippen LogP contribution in [0.15, 0.2) is 29.3 Å². The van der Waals surface area contributed by atoms with Crippen molar-refractivity contribution in [3.63, 3.8) is 0 Å². The molecular weight excluding hydrogens is 346 g/mol. The van der Waals surface area contributed by atoms with Crippen LogP contribution in [0.5, 0.6) is 5.88 Å². The Hall–Kier alpha value is -2.90. The van der Waals surface area contributed by atoms with Crippen molar-refractivity contribution < 1.29 is 9.90 Å². The van der Waals surface area contributed by atoms with E-state index in [0.29, 0.717) is 25.2 Å². The monoisotopic (exact) mass is 369 g/mol. The fourth-order valence-electron chi connectivity index (χ4n) is 3.79. The van der Waals surface area contributed by atoms with Gasteiger partial charge in [0.1, 0.15) is 12.1 Å². The molecule has 4 rings (SSSR count). The number of likely N-dealkylation sites (tertiary alicyclic amines) is 1. The molecular formula is C19H23N5O3. The lowest BCUT2D eigenvalue weighted by molar-refractivity contribution is 0.0711. The molecule has 0 spiro atoms. The van der Waals surface area contributed by atoms with E-state index in [1.807, 2.05) is 13.0 Å². The number of nitrogens with zero attached hydrogens (tertiary/aromatic N) is 4. The fourth-order valence-corrected chi connectivity index (χ4v) is 3.79. The third kappa shape index (κ3) is 3.79. The number of aromatic amines is 1. The molecule has 8 heteroatoms. The van der Waals surface area contributed by atoms with Crippen molar-refractivity contribution in [2.24, 2.45) is 0 Å². The molecule has 2 N–H and O–H groups in total. The Labute approximate surface area is 156 Å². The van der Waals surface area contributed by atoms with Gasteiger partial charge in [-0.3, -0.25) is 14.6 Å². The second-order valence-electron chi connectivity index (χ2n) is 7.30. The Morgan fingerprint density at radius 3 is 2.48 bits per heavy atom. The number of piperidine rings is 1. The van der Waals surface area contributed by atoms with Gasteiger partial charge in [0.25, 0.3) is 11.5 Å². The average Bonchev–Trinajstić information content (AvgIpc) is 3.46. The van der Waals surface area contributed by atoms with E-state index >= 15 is 0 Å². The topological polar surface area (TPSA) is 102 Å². The van der Waals surface area contributed by atoms with Crippen molar-refractivity contribution in [3.8, 4) is 5.88 Å². The Kier molecular flexibility index (Phi) is 4.55. The number of rotatable bonds is 4. The van der Waals surface area contributed by atoms with Crippen LogP contribution >= 0.6 is 0 Å². The summed E-state index contributed by atoms with van der Waals surface area (Å²) in [4.78, 5) is 39.2. The minimum absolute atomic E-state index is 0.217. The van der Waals surface area contributed by atoms with Crippen molar-refractivity contribution >= 4 is 11.7 Å². The molecule has 1 aliphatic heterocycles. The number of aromatic hydroxyl groups is 1. The number of pyridine rings is 1. The number of hydrogen-bond acceptors (Lipinski definition) is 6. The Morgan fingerprint density at radius 1 is 1.15 bits per heavy atom. The van der Waals surface area contributed by atoms with E-state index in [9.17, 15) is 14.7 Å². The number of H-pyrrole nitrogens is 1. The Bertz CT molecular complexity index is 900. The molecule has 1 saturated heterocycles. The highest BCUT2D eigenvalue weighted by Crippen LogP contribution is 2.35. The number of hydrogen-bond donors (Lipinski definition) is 2. The molecule has 8 nitrogen and oxygen atoms in total. The zero-order valence-corrected chi connectivity index (χ0v) is 15.3. The van der Waals surface area contributed by atoms with E-state index in [2.05, 4.69) is 19.9 Å². The van der Waals surface area contributed by atoms with Gasteiger partial charge in [-0.1, -0.05) is 0 Å². The van der Waals surface area contributed by atoms with Gasteiger partial charge < -0.3 is 14.9 Å². The van der Waals surface area contributed by atoms with Crippen molar-refractivity contribution in [1.82, 2.24) is 19.9 Å². The molecule has 0 atom stereocenters. The first-order valence-electron chi connectivity index (χ1n) is 9.31. The minimum Gasteiger partial charge on any atom is -0.494 e. The largest absolute Gasteiger partial charge is 0.494 e. The van der Waals surface area contributed by atoms with Gasteiger partial charge in [0.2, 0.25) is 0 Å². The van der Waals surface area contributed by atoms with E-state index in [4.69, 9.17) is 0 Å². The summed E-state index contributed by atoms with van der Waals surface area (Å²) in [7, 11) is 0. The van der Waals surface area contributed by atoms with E-state index in [1.54, 1.807) is 11.2 Å². The van der Waals surface area contributed by atoms with E-state index in [-0.39, 0.29) is 17.4 Å². The third-order valence-electron chi connectivity index (χ3n) is 5.22. The first-order valence-corrected chi connectivity index (χ1v) is 9.31. The molecule has 1 saturated carbocycles. The number of aromatic nitrogens is 3. The van der Waals surface area contributed by atoms with Crippen molar-refractivity contribution in [1.29, 1.82) is 0 Å². The number of anilines is 1. The number of carbonyl (C=O) groups is 1. The van der Waals surface area contributed by atoms with Crippen LogP contribution < -0.4 is 10.5 Å². The summed E-state index contributed by atoms with van der Waals surface area (Å²) in [5.41, 5.74) is 0.694. The zero-order valence-electron chi connectivity index (χ0n) is 15.3. The highest BCUT2D eigenvalue weighted by molar-refractivity contribution is 5.94. The third-order valence-corrected chi connectivity index (χ3v) is 5.22. The van der Waals surface area contributed by atoms with Crippen LogP contribution in [-0.4, -0.2) is 56.0 Å². The summed E-state index contributed by atoms with van der Waals surface area (Å²) >= 11 is 0. The van der Waals surface area contributed by atoms with Gasteiger partial charge in [-0.2, -0.15) is 0 Å². The van der Waals surface area contributed by atoms with Crippen molar-refractivity contribution in [3.05, 3.63) is 46.1 Å². The molecule has 27 heavy (non-hydrogen) atoms. The summed E-state index contributed by atoms with van der Waals surface area (Å²) in [5, 5.41) is 9.53. The number of carbonyl (C=O) groups excluding carboxylic acids is 1. The molecule has 2 aromatic rings. The molecule has 0 unspecified atom stereocenters. The van der Waals surface area contributed by atoms with Crippen LogP contribution in [0.2, 0.25) is 0 Å². The molecule has 2 aliphatic rings. The predicted octanol–water partition coefficient (Wildman–Crippen LogP) is 1.45. The first kappa shape index (κ1) is 17.5. The minimum atomic E-state index is -0.479. The molecule has 0 aromatic carbocycles. The maximum Gasteiger partial charge on any atom is 0.254 e. The van der Waals surface area contributed by atoms with Gasteiger partial charge in [-0.25, -0.2) is 9.97 Å². The van der Waals surface area contributed by atoms with Crippen molar-refractivity contribution in [2.75, 3.05) is 18.0 Å². The molecule has 2 fully saturated rings. The summed E-state index contributed by atoms with van der Waals surface area (Å²) < 4.78 is 0. The summed E-state index contributed by atoms with van der Waals surface area (Å²) in [6.45, 7) is 3.20. The van der Waals surface area contributed by atoms with Crippen LogP contribution in [0.1, 0.15) is 41.7 Å². The van der Waals surface area contributed by atoms with Gasteiger partial charge in [0.15, 0.2) is 5.88 Å². The van der Waals surface area contributed by atoms with Gasteiger partial charge in [-0.15, -0.1) is 0 Å². The lowest BCUT2D eigenvalue weighted by Gasteiger charge is -2.39. The van der Waals surface area contributed by atoms with Crippen LogP contribution in [-0.2, 0) is 0 Å². The van der Waals surface area contributed by atoms with Crippen LogP contribution in [0, 0.1) is 6.92 Å². The quantitative estimate of drug-likeness (QED) is 0.846. The fraction of sp³-hybridized carbons (Fsp3) is 0.474. The van der Waals surface area contributed by atoms with Crippen LogP contribution in [0.3, 0.4) is 0 Å². The SMILES string of the molecule is Cc1cc(N(C2CC2)C2CCN(C(=O)c3cc(O)[nH]c(=O)c3)CC2)ncn1. The van der Waals surface area contributed by atoms with Gasteiger partial charge >= 0.3 is 0 Å². The van der Waals surface area contributed by atoms with E-state index < -0.39 is 5.56 Å². The summed E-state index contributed by atoms with van der Waals surface area (Å²) in [5.74, 6) is 0.458. The van der Waals surface area contributed by atoms with Crippen LogP contribution in [0.25, 0.3) is 0 Å². The maximum absolute atomic E-state index is 12.7. The Morgan fingerprint density at radius 2 is 1.85 bits per heavy atom. The predicted molar refractivity (Wildman–Crippen MR) is 99.9 cm³/mol. The normalized spacial score (nSPS) is 17.7. The van der Waals surface area contributed by atoms with Crippen LogP contribution in [0.4, 0.5) is 5.82 Å². The average molecular weight is 369 g/mol. The molecule has 2 aromatic heterocycles. The molecule has 142 valence electrons. The maximum atomic E-state index is 12.7. The molecule has 1 amide bonds. The van der Waals surface area contributed by atoms with E-state index in [1.165, 1.54) is 25.0 Å². The van der Waals surface area contributed by atoms with Gasteiger partial charge in [0, 0.05) is 49.1 Å². The number of amides is 1. The second kappa shape index (κ2) is 7.02. The molecule has 0 radical (unpaired) electrons. The highest BCUT2D eigenvalue weighted by atomic mass is 16.3. The lowest BCUT2D eigenvalue weighted by Crippen LogP contribution is -2.48. The summed E-state index contributed by atoms with van der Waals surface area (Å²) in [6, 6.07) is 5.42. The standard InChI is InChI=1S/C19H23N5O3/c1-12-8-16(21-11-20-12)24(14-2-3-14)15-4-6-23(7-5-15)19(27)13-9-17(25)22-18(26)10-13/h8-11,14-15H,2-7H2,1H3,(H2,22,25,26). The Balaban J connectivity index is 1.46. The molecule has 1 aliphatic carbocycles. The number of nitrogens with one attached hydrogen (secondary N) is 1.